The third-order valence-electron chi connectivity index (χ3n) is 2.36. The Labute approximate surface area is 117 Å². The van der Waals surface area contributed by atoms with Gasteiger partial charge in [0.25, 0.3) is 0 Å². The molecule has 0 bridgehead atoms. The number of benzene rings is 1. The summed E-state index contributed by atoms with van der Waals surface area (Å²) in [4.78, 5) is 16.2. The van der Waals surface area contributed by atoms with E-state index in [9.17, 15) is 4.79 Å². The van der Waals surface area contributed by atoms with Crippen molar-refractivity contribution >= 4 is 48.5 Å². The summed E-state index contributed by atoms with van der Waals surface area (Å²) in [6, 6.07) is 5.63. The van der Waals surface area contributed by atoms with E-state index in [-0.39, 0.29) is 5.91 Å². The zero-order valence-corrected chi connectivity index (χ0v) is 12.7. The maximum atomic E-state index is 11.8. The van der Waals surface area contributed by atoms with Gasteiger partial charge in [0.15, 0.2) is 5.13 Å². The van der Waals surface area contributed by atoms with Crippen molar-refractivity contribution in [3.63, 3.8) is 0 Å². The Kier molecular flexibility index (Phi) is 3.59. The average Bonchev–Trinajstić information content (AvgIpc) is 2.68. The Bertz CT molecular complexity index is 589. The Morgan fingerprint density at radius 2 is 2.22 bits per heavy atom. The quantitative estimate of drug-likeness (QED) is 0.878. The Hall–Kier alpha value is -1.14. The molecule has 0 aliphatic carbocycles. The number of aromatic nitrogens is 1. The molecule has 1 aromatic heterocycles. The average molecular weight is 329 g/mol. The summed E-state index contributed by atoms with van der Waals surface area (Å²) in [7, 11) is 1.62. The maximum absolute atomic E-state index is 11.8. The molecule has 0 saturated heterocycles. The van der Waals surface area contributed by atoms with Crippen LogP contribution in [0, 0.1) is 0 Å². The van der Waals surface area contributed by atoms with E-state index in [0.717, 1.165) is 16.0 Å². The van der Waals surface area contributed by atoms with Crippen LogP contribution in [-0.2, 0) is 4.79 Å². The molecule has 1 heterocycles. The number of amides is 1. The van der Waals surface area contributed by atoms with Crippen molar-refractivity contribution in [2.45, 2.75) is 18.2 Å². The minimum absolute atomic E-state index is 0.117. The van der Waals surface area contributed by atoms with Gasteiger partial charge in [0.05, 0.1) is 21.7 Å². The fourth-order valence-corrected chi connectivity index (χ4v) is 2.32. The van der Waals surface area contributed by atoms with Crippen molar-refractivity contribution in [3.8, 4) is 5.75 Å². The number of carbonyl (C=O) groups is 1. The summed E-state index contributed by atoms with van der Waals surface area (Å²) in [5, 5.41) is 3.38. The lowest BCUT2D eigenvalue weighted by atomic mass is 10.2. The van der Waals surface area contributed by atoms with E-state index in [1.165, 1.54) is 11.3 Å². The van der Waals surface area contributed by atoms with Crippen LogP contribution in [0.3, 0.4) is 0 Å². The number of carbonyl (C=O) groups excluding carboxylic acids is 1. The number of nitrogens with one attached hydrogen (secondary N) is 1. The Morgan fingerprint density at radius 3 is 2.83 bits per heavy atom. The Morgan fingerprint density at radius 1 is 1.50 bits per heavy atom. The number of alkyl halides is 1. The lowest BCUT2D eigenvalue weighted by Crippen LogP contribution is -2.30. The maximum Gasteiger partial charge on any atom is 0.242 e. The molecule has 2 rings (SSSR count). The molecule has 0 saturated carbocycles. The van der Waals surface area contributed by atoms with Gasteiger partial charge in [0.2, 0.25) is 5.91 Å². The van der Waals surface area contributed by atoms with Crippen molar-refractivity contribution < 1.29 is 9.53 Å². The van der Waals surface area contributed by atoms with Crippen LogP contribution in [-0.4, -0.2) is 22.3 Å². The van der Waals surface area contributed by atoms with Gasteiger partial charge < -0.3 is 10.1 Å². The highest BCUT2D eigenvalue weighted by atomic mass is 79.9. The molecule has 0 unspecified atom stereocenters. The molecular weight excluding hydrogens is 316 g/mol. The molecule has 18 heavy (non-hydrogen) atoms. The predicted octanol–water partition coefficient (Wildman–Crippen LogP) is 3.42. The summed E-state index contributed by atoms with van der Waals surface area (Å²) in [5.74, 6) is 0.665. The van der Waals surface area contributed by atoms with Gasteiger partial charge in [-0.2, -0.15) is 0 Å². The van der Waals surface area contributed by atoms with Crippen LogP contribution < -0.4 is 10.1 Å². The van der Waals surface area contributed by atoms with Crippen molar-refractivity contribution in [2.75, 3.05) is 12.4 Å². The summed E-state index contributed by atoms with van der Waals surface area (Å²) in [5.41, 5.74) is 0.850. The number of anilines is 1. The highest BCUT2D eigenvalue weighted by Gasteiger charge is 2.24. The fourth-order valence-electron chi connectivity index (χ4n) is 1.33. The second-order valence-electron chi connectivity index (χ2n) is 4.28. The van der Waals surface area contributed by atoms with Crippen LogP contribution >= 0.6 is 27.3 Å². The van der Waals surface area contributed by atoms with Gasteiger partial charge in [-0.3, -0.25) is 4.79 Å². The minimum atomic E-state index is -0.609. The number of fused-ring (bicyclic) bond motifs is 1. The first-order chi connectivity index (χ1) is 8.40. The van der Waals surface area contributed by atoms with Gasteiger partial charge in [-0.05, 0) is 32.0 Å². The highest BCUT2D eigenvalue weighted by Crippen LogP contribution is 2.30. The zero-order valence-electron chi connectivity index (χ0n) is 10.3. The zero-order chi connectivity index (χ0) is 13.3. The molecule has 0 spiro atoms. The summed E-state index contributed by atoms with van der Waals surface area (Å²) >= 11 is 4.74. The summed E-state index contributed by atoms with van der Waals surface area (Å²) < 4.78 is 5.53. The number of hydrogen-bond donors (Lipinski definition) is 1. The molecule has 0 aliphatic rings. The number of nitrogens with zero attached hydrogens (tertiary/aromatic N) is 1. The van der Waals surface area contributed by atoms with Crippen LogP contribution in [0.2, 0.25) is 0 Å². The SMILES string of the molecule is COc1ccc2nc(NC(=O)C(C)(C)Br)sc2c1. The van der Waals surface area contributed by atoms with Gasteiger partial charge in [0.1, 0.15) is 5.75 Å². The third-order valence-corrected chi connectivity index (χ3v) is 3.65. The van der Waals surface area contributed by atoms with Crippen molar-refractivity contribution in [1.29, 1.82) is 0 Å². The van der Waals surface area contributed by atoms with Crippen LogP contribution in [0.25, 0.3) is 10.2 Å². The summed E-state index contributed by atoms with van der Waals surface area (Å²) in [6.07, 6.45) is 0. The molecule has 2 aromatic rings. The van der Waals surface area contributed by atoms with Crippen LogP contribution in [0.15, 0.2) is 18.2 Å². The molecule has 0 radical (unpaired) electrons. The van der Waals surface area contributed by atoms with E-state index in [1.807, 2.05) is 18.2 Å². The van der Waals surface area contributed by atoms with Crippen LogP contribution in [0.1, 0.15) is 13.8 Å². The second-order valence-corrected chi connectivity index (χ2v) is 7.29. The van der Waals surface area contributed by atoms with Crippen LogP contribution in [0.5, 0.6) is 5.75 Å². The standard InChI is InChI=1S/C12H13BrN2O2S/c1-12(2,13)10(16)15-11-14-8-5-4-7(17-3)6-9(8)18-11/h4-6H,1-3H3,(H,14,15,16). The monoisotopic (exact) mass is 328 g/mol. The number of rotatable bonds is 3. The predicted molar refractivity (Wildman–Crippen MR) is 77.8 cm³/mol. The van der Waals surface area contributed by atoms with E-state index < -0.39 is 4.32 Å². The summed E-state index contributed by atoms with van der Waals surface area (Å²) in [6.45, 7) is 3.58. The number of halogens is 1. The lowest BCUT2D eigenvalue weighted by molar-refractivity contribution is -0.117. The number of ether oxygens (including phenoxy) is 1. The van der Waals surface area contributed by atoms with Crippen LogP contribution in [0.4, 0.5) is 5.13 Å². The van der Waals surface area contributed by atoms with Gasteiger partial charge in [-0.1, -0.05) is 27.3 Å². The van der Waals surface area contributed by atoms with Crippen molar-refractivity contribution in [1.82, 2.24) is 4.98 Å². The first kappa shape index (κ1) is 13.3. The van der Waals surface area contributed by atoms with E-state index in [4.69, 9.17) is 4.74 Å². The molecule has 1 amide bonds. The molecular formula is C12H13BrN2O2S. The lowest BCUT2D eigenvalue weighted by Gasteiger charge is -2.13. The smallest absolute Gasteiger partial charge is 0.242 e. The normalized spacial score (nSPS) is 11.6. The number of thiazole rings is 1. The molecule has 0 atom stereocenters. The molecule has 0 aliphatic heterocycles. The first-order valence-electron chi connectivity index (χ1n) is 5.35. The molecule has 0 fully saturated rings. The van der Waals surface area contributed by atoms with E-state index in [2.05, 4.69) is 26.2 Å². The third kappa shape index (κ3) is 2.81. The van der Waals surface area contributed by atoms with Gasteiger partial charge in [0, 0.05) is 0 Å². The van der Waals surface area contributed by atoms with Crippen molar-refractivity contribution in [3.05, 3.63) is 18.2 Å². The van der Waals surface area contributed by atoms with E-state index >= 15 is 0 Å². The van der Waals surface area contributed by atoms with E-state index in [1.54, 1.807) is 21.0 Å². The van der Waals surface area contributed by atoms with Gasteiger partial charge in [-0.25, -0.2) is 4.98 Å². The molecule has 6 heteroatoms. The second kappa shape index (κ2) is 4.85. The van der Waals surface area contributed by atoms with E-state index in [0.29, 0.717) is 5.13 Å². The fraction of sp³-hybridized carbons (Fsp3) is 0.333. The van der Waals surface area contributed by atoms with Gasteiger partial charge >= 0.3 is 0 Å². The van der Waals surface area contributed by atoms with Crippen molar-refractivity contribution in [2.24, 2.45) is 0 Å². The molecule has 1 aromatic carbocycles. The molecule has 1 N–H and O–H groups in total. The Balaban J connectivity index is 2.28. The first-order valence-corrected chi connectivity index (χ1v) is 6.96. The minimum Gasteiger partial charge on any atom is -0.497 e. The molecule has 4 nitrogen and oxygen atoms in total. The van der Waals surface area contributed by atoms with Gasteiger partial charge in [-0.15, -0.1) is 0 Å². The number of methoxy groups -OCH3 is 1. The number of hydrogen-bond acceptors (Lipinski definition) is 4. The largest absolute Gasteiger partial charge is 0.497 e. The topological polar surface area (TPSA) is 51.2 Å². The molecule has 96 valence electrons. The highest BCUT2D eigenvalue weighted by molar-refractivity contribution is 9.10.